The van der Waals surface area contributed by atoms with Crippen LogP contribution in [0.5, 0.6) is 5.75 Å². The minimum absolute atomic E-state index is 0.220. The first-order valence-corrected chi connectivity index (χ1v) is 6.38. The van der Waals surface area contributed by atoms with Gasteiger partial charge in [0.2, 0.25) is 0 Å². The maximum Gasteiger partial charge on any atom is 0.123 e. The molecule has 2 rings (SSSR count). The summed E-state index contributed by atoms with van der Waals surface area (Å²) >= 11 is 0. The van der Waals surface area contributed by atoms with Crippen molar-refractivity contribution in [2.24, 2.45) is 0 Å². The van der Waals surface area contributed by atoms with Crippen molar-refractivity contribution in [1.29, 1.82) is 0 Å². The van der Waals surface area contributed by atoms with E-state index in [1.807, 2.05) is 24.3 Å². The van der Waals surface area contributed by atoms with Gasteiger partial charge < -0.3 is 10.1 Å². The molecule has 100 valence electrons. The van der Waals surface area contributed by atoms with Gasteiger partial charge in [0.25, 0.3) is 0 Å². The van der Waals surface area contributed by atoms with Crippen LogP contribution in [0.15, 0.2) is 42.5 Å². The number of hydrogen-bond donors (Lipinski definition) is 1. The summed E-state index contributed by atoms with van der Waals surface area (Å²) in [7, 11) is 1.65. The fourth-order valence-electron chi connectivity index (χ4n) is 2.04. The average Bonchev–Trinajstić information content (AvgIpc) is 2.44. The standard InChI is InChI=1S/C16H18FNO/c1-3-18-11-13-10-15(19-2)7-8-16(13)12-5-4-6-14(17)9-12/h4-10,18H,3,11H2,1-2H3. The van der Waals surface area contributed by atoms with Crippen molar-refractivity contribution in [1.82, 2.24) is 5.32 Å². The lowest BCUT2D eigenvalue weighted by molar-refractivity contribution is 0.414. The van der Waals surface area contributed by atoms with Crippen molar-refractivity contribution in [3.8, 4) is 16.9 Å². The van der Waals surface area contributed by atoms with Gasteiger partial charge in [0.05, 0.1) is 7.11 Å². The van der Waals surface area contributed by atoms with Crippen molar-refractivity contribution in [3.63, 3.8) is 0 Å². The molecule has 0 spiro atoms. The van der Waals surface area contributed by atoms with E-state index in [1.54, 1.807) is 19.2 Å². The first kappa shape index (κ1) is 13.6. The largest absolute Gasteiger partial charge is 0.497 e. The highest BCUT2D eigenvalue weighted by molar-refractivity contribution is 5.68. The number of methoxy groups -OCH3 is 1. The lowest BCUT2D eigenvalue weighted by atomic mass is 9.99. The van der Waals surface area contributed by atoms with Crippen LogP contribution in [-0.4, -0.2) is 13.7 Å². The highest BCUT2D eigenvalue weighted by atomic mass is 19.1. The molecule has 0 heterocycles. The van der Waals surface area contributed by atoms with Gasteiger partial charge in [-0.25, -0.2) is 4.39 Å². The third-order valence-electron chi connectivity index (χ3n) is 3.01. The fraction of sp³-hybridized carbons (Fsp3) is 0.250. The first-order chi connectivity index (χ1) is 9.24. The zero-order valence-corrected chi connectivity index (χ0v) is 11.2. The summed E-state index contributed by atoms with van der Waals surface area (Å²) in [6, 6.07) is 12.5. The van der Waals surface area contributed by atoms with Crippen LogP contribution in [0.4, 0.5) is 4.39 Å². The molecule has 0 radical (unpaired) electrons. The molecule has 2 nitrogen and oxygen atoms in total. The van der Waals surface area contributed by atoms with Crippen LogP contribution < -0.4 is 10.1 Å². The second-order valence-corrected chi connectivity index (χ2v) is 4.31. The SMILES string of the molecule is CCNCc1cc(OC)ccc1-c1cccc(F)c1. The normalized spacial score (nSPS) is 10.5. The molecule has 0 aliphatic heterocycles. The first-order valence-electron chi connectivity index (χ1n) is 6.38. The van der Waals surface area contributed by atoms with E-state index in [9.17, 15) is 4.39 Å². The molecule has 0 fully saturated rings. The van der Waals surface area contributed by atoms with Gasteiger partial charge in [-0.3, -0.25) is 0 Å². The highest BCUT2D eigenvalue weighted by Crippen LogP contribution is 2.27. The summed E-state index contributed by atoms with van der Waals surface area (Å²) in [5, 5.41) is 3.29. The molecular formula is C16H18FNO. The van der Waals surface area contributed by atoms with Crippen LogP contribution in [0, 0.1) is 5.82 Å². The molecule has 0 saturated carbocycles. The summed E-state index contributed by atoms with van der Waals surface area (Å²) in [5.41, 5.74) is 3.02. The number of hydrogen-bond acceptors (Lipinski definition) is 2. The fourth-order valence-corrected chi connectivity index (χ4v) is 2.04. The zero-order valence-electron chi connectivity index (χ0n) is 11.2. The molecule has 3 heteroatoms. The van der Waals surface area contributed by atoms with Crippen molar-refractivity contribution in [2.45, 2.75) is 13.5 Å². The molecule has 0 atom stereocenters. The monoisotopic (exact) mass is 259 g/mol. The van der Waals surface area contributed by atoms with Gasteiger partial charge in [-0.1, -0.05) is 25.1 Å². The third-order valence-corrected chi connectivity index (χ3v) is 3.01. The van der Waals surface area contributed by atoms with E-state index in [-0.39, 0.29) is 5.82 Å². The predicted octanol–water partition coefficient (Wildman–Crippen LogP) is 3.61. The van der Waals surface area contributed by atoms with Crippen molar-refractivity contribution >= 4 is 0 Å². The smallest absolute Gasteiger partial charge is 0.123 e. The maximum atomic E-state index is 13.3. The molecule has 1 N–H and O–H groups in total. The number of ether oxygens (including phenoxy) is 1. The van der Waals surface area contributed by atoms with Crippen LogP contribution in [-0.2, 0) is 6.54 Å². The third kappa shape index (κ3) is 3.32. The van der Waals surface area contributed by atoms with Gasteiger partial charge >= 0.3 is 0 Å². The van der Waals surface area contributed by atoms with Crippen LogP contribution in [0.2, 0.25) is 0 Å². The highest BCUT2D eigenvalue weighted by Gasteiger charge is 2.07. The van der Waals surface area contributed by atoms with Gasteiger partial charge in [0, 0.05) is 6.54 Å². The van der Waals surface area contributed by atoms with Gasteiger partial charge in [0.1, 0.15) is 11.6 Å². The quantitative estimate of drug-likeness (QED) is 0.885. The van der Waals surface area contributed by atoms with Crippen LogP contribution >= 0.6 is 0 Å². The summed E-state index contributed by atoms with van der Waals surface area (Å²) in [6.07, 6.45) is 0. The molecule has 0 bridgehead atoms. The Morgan fingerprint density at radius 1 is 1.16 bits per heavy atom. The molecular weight excluding hydrogens is 241 g/mol. The average molecular weight is 259 g/mol. The number of rotatable bonds is 5. The Balaban J connectivity index is 2.43. The molecule has 0 aromatic heterocycles. The molecule has 0 unspecified atom stereocenters. The van der Waals surface area contributed by atoms with Gasteiger partial charge in [-0.15, -0.1) is 0 Å². The molecule has 0 saturated heterocycles. The maximum absolute atomic E-state index is 13.3. The second-order valence-electron chi connectivity index (χ2n) is 4.31. The topological polar surface area (TPSA) is 21.3 Å². The Labute approximate surface area is 113 Å². The predicted molar refractivity (Wildman–Crippen MR) is 75.8 cm³/mol. The molecule has 0 amide bonds. The van der Waals surface area contributed by atoms with Gasteiger partial charge in [-0.05, 0) is 47.5 Å². The summed E-state index contributed by atoms with van der Waals surface area (Å²) in [4.78, 5) is 0. The van der Waals surface area contributed by atoms with Crippen LogP contribution in [0.3, 0.4) is 0 Å². The minimum atomic E-state index is -0.220. The van der Waals surface area contributed by atoms with Crippen LogP contribution in [0.25, 0.3) is 11.1 Å². The van der Waals surface area contributed by atoms with Gasteiger partial charge in [-0.2, -0.15) is 0 Å². The van der Waals surface area contributed by atoms with E-state index in [0.717, 1.165) is 35.5 Å². The number of halogens is 1. The Morgan fingerprint density at radius 2 is 2.00 bits per heavy atom. The molecule has 2 aromatic rings. The van der Waals surface area contributed by atoms with E-state index in [1.165, 1.54) is 6.07 Å². The molecule has 0 aliphatic rings. The Kier molecular flexibility index (Phi) is 4.53. The van der Waals surface area contributed by atoms with E-state index < -0.39 is 0 Å². The Bertz CT molecular complexity index is 554. The molecule has 19 heavy (non-hydrogen) atoms. The molecule has 0 aliphatic carbocycles. The van der Waals surface area contributed by atoms with E-state index >= 15 is 0 Å². The summed E-state index contributed by atoms with van der Waals surface area (Å²) in [5.74, 6) is 0.593. The lowest BCUT2D eigenvalue weighted by Crippen LogP contribution is -2.12. The second kappa shape index (κ2) is 6.34. The molecule has 2 aromatic carbocycles. The van der Waals surface area contributed by atoms with Crippen LogP contribution in [0.1, 0.15) is 12.5 Å². The Hall–Kier alpha value is -1.87. The number of nitrogens with one attached hydrogen (secondary N) is 1. The van der Waals surface area contributed by atoms with E-state index in [4.69, 9.17) is 4.74 Å². The Morgan fingerprint density at radius 3 is 2.68 bits per heavy atom. The summed E-state index contributed by atoms with van der Waals surface area (Å²) < 4.78 is 18.6. The van der Waals surface area contributed by atoms with Gasteiger partial charge in [0.15, 0.2) is 0 Å². The van der Waals surface area contributed by atoms with Crippen molar-refractivity contribution in [2.75, 3.05) is 13.7 Å². The summed E-state index contributed by atoms with van der Waals surface area (Å²) in [6.45, 7) is 3.68. The lowest BCUT2D eigenvalue weighted by Gasteiger charge is -2.12. The minimum Gasteiger partial charge on any atom is -0.497 e. The van der Waals surface area contributed by atoms with E-state index in [2.05, 4.69) is 12.2 Å². The zero-order chi connectivity index (χ0) is 13.7. The van der Waals surface area contributed by atoms with Crippen molar-refractivity contribution in [3.05, 3.63) is 53.8 Å². The van der Waals surface area contributed by atoms with E-state index in [0.29, 0.717) is 0 Å². The van der Waals surface area contributed by atoms with Crippen molar-refractivity contribution < 1.29 is 9.13 Å². The number of benzene rings is 2.